The van der Waals surface area contributed by atoms with E-state index in [1.165, 1.54) is 12.1 Å². The number of β-amino-alcohol motifs (C(OH)–C–C–N with tert-alkyl or cyclic N) is 1. The number of rotatable bonds is 3. The van der Waals surface area contributed by atoms with Crippen molar-refractivity contribution in [3.63, 3.8) is 0 Å². The van der Waals surface area contributed by atoms with Gasteiger partial charge in [-0.3, -0.25) is 4.98 Å². The van der Waals surface area contributed by atoms with Crippen LogP contribution in [0.3, 0.4) is 0 Å². The van der Waals surface area contributed by atoms with Gasteiger partial charge < -0.3 is 10.0 Å². The lowest BCUT2D eigenvalue weighted by atomic mass is 9.86. The maximum absolute atomic E-state index is 13.1. The first-order chi connectivity index (χ1) is 12.0. The van der Waals surface area contributed by atoms with Gasteiger partial charge >= 0.3 is 0 Å². The molecule has 0 atom stereocenters. The summed E-state index contributed by atoms with van der Waals surface area (Å²) in [6.07, 6.45) is 3.43. The van der Waals surface area contributed by atoms with Gasteiger partial charge in [0.15, 0.2) is 5.82 Å². The zero-order valence-electron chi connectivity index (χ0n) is 13.7. The van der Waals surface area contributed by atoms with Crippen molar-refractivity contribution in [1.29, 1.82) is 0 Å². The molecule has 25 heavy (non-hydrogen) atoms. The van der Waals surface area contributed by atoms with E-state index in [9.17, 15) is 9.50 Å². The third kappa shape index (κ3) is 2.96. The summed E-state index contributed by atoms with van der Waals surface area (Å²) in [4.78, 5) is 15.2. The van der Waals surface area contributed by atoms with Crippen molar-refractivity contribution in [1.82, 2.24) is 15.0 Å². The van der Waals surface area contributed by atoms with Crippen LogP contribution in [0, 0.1) is 12.7 Å². The average Bonchev–Trinajstić information content (AvgIpc) is 2.60. The summed E-state index contributed by atoms with van der Waals surface area (Å²) in [7, 11) is 0. The topological polar surface area (TPSA) is 62.1 Å². The van der Waals surface area contributed by atoms with Crippen LogP contribution in [0.15, 0.2) is 54.9 Å². The van der Waals surface area contributed by atoms with Crippen molar-refractivity contribution in [3.8, 4) is 11.4 Å². The molecule has 0 aliphatic carbocycles. The molecule has 1 aliphatic rings. The van der Waals surface area contributed by atoms with Gasteiger partial charge in [0.25, 0.3) is 0 Å². The minimum Gasteiger partial charge on any atom is -0.381 e. The van der Waals surface area contributed by atoms with Gasteiger partial charge in [0, 0.05) is 29.7 Å². The Kier molecular flexibility index (Phi) is 3.69. The number of pyridine rings is 1. The SMILES string of the molecule is Cc1cc(N2CC(O)(c3ccc(F)cc3)C2)nc(-c2cccnc2)n1. The van der Waals surface area contributed by atoms with Crippen molar-refractivity contribution in [2.24, 2.45) is 0 Å². The molecule has 2 aromatic heterocycles. The number of hydrogen-bond acceptors (Lipinski definition) is 5. The Morgan fingerprint density at radius 2 is 1.88 bits per heavy atom. The van der Waals surface area contributed by atoms with E-state index in [0.29, 0.717) is 24.5 Å². The molecule has 1 fully saturated rings. The summed E-state index contributed by atoms with van der Waals surface area (Å²) < 4.78 is 13.1. The van der Waals surface area contributed by atoms with Crippen molar-refractivity contribution < 1.29 is 9.50 Å². The quantitative estimate of drug-likeness (QED) is 0.797. The van der Waals surface area contributed by atoms with Crippen molar-refractivity contribution in [2.45, 2.75) is 12.5 Å². The molecule has 1 saturated heterocycles. The fraction of sp³-hybridized carbons (Fsp3) is 0.211. The second-order valence-corrected chi connectivity index (χ2v) is 6.33. The minimum atomic E-state index is -0.985. The summed E-state index contributed by atoms with van der Waals surface area (Å²) in [6, 6.07) is 11.6. The predicted molar refractivity (Wildman–Crippen MR) is 92.5 cm³/mol. The number of halogens is 1. The van der Waals surface area contributed by atoms with E-state index in [1.807, 2.05) is 30.0 Å². The third-order valence-corrected chi connectivity index (χ3v) is 4.37. The molecule has 5 nitrogen and oxygen atoms in total. The number of aromatic nitrogens is 3. The number of hydrogen-bond donors (Lipinski definition) is 1. The highest BCUT2D eigenvalue weighted by molar-refractivity contribution is 5.58. The number of benzene rings is 1. The molecular formula is C19H17FN4O. The van der Waals surface area contributed by atoms with Crippen molar-refractivity contribution >= 4 is 5.82 Å². The van der Waals surface area contributed by atoms with E-state index < -0.39 is 5.60 Å². The molecule has 1 N–H and O–H groups in total. The number of nitrogens with zero attached hydrogens (tertiary/aromatic N) is 4. The highest BCUT2D eigenvalue weighted by atomic mass is 19.1. The minimum absolute atomic E-state index is 0.309. The van der Waals surface area contributed by atoms with Crippen LogP contribution in [0.4, 0.5) is 10.2 Å². The Labute approximate surface area is 144 Å². The summed E-state index contributed by atoms with van der Waals surface area (Å²) in [6.45, 7) is 2.72. The maximum atomic E-state index is 13.1. The van der Waals surface area contributed by atoms with Gasteiger partial charge in [-0.2, -0.15) is 0 Å². The van der Waals surface area contributed by atoms with Crippen LogP contribution in [-0.2, 0) is 5.60 Å². The zero-order chi connectivity index (χ0) is 17.4. The first-order valence-corrected chi connectivity index (χ1v) is 8.03. The standard InChI is InChI=1S/C19H17FN4O/c1-13-9-17(23-18(22-13)14-3-2-8-21-10-14)24-11-19(25,12-24)15-4-6-16(20)7-5-15/h2-10,25H,11-12H2,1H3. The van der Waals surface area contributed by atoms with Crippen molar-refractivity contribution in [2.75, 3.05) is 18.0 Å². The molecule has 0 saturated carbocycles. The Balaban J connectivity index is 1.58. The summed E-state index contributed by atoms with van der Waals surface area (Å²) >= 11 is 0. The molecule has 0 spiro atoms. The Hall–Kier alpha value is -2.86. The van der Waals surface area contributed by atoms with Crippen LogP contribution in [0.5, 0.6) is 0 Å². The molecule has 0 amide bonds. The summed E-state index contributed by atoms with van der Waals surface area (Å²) in [5.74, 6) is 1.06. The molecule has 0 radical (unpaired) electrons. The third-order valence-electron chi connectivity index (χ3n) is 4.37. The van der Waals surface area contributed by atoms with E-state index >= 15 is 0 Å². The highest BCUT2D eigenvalue weighted by Crippen LogP contribution is 2.35. The lowest BCUT2D eigenvalue weighted by molar-refractivity contribution is 0.00699. The van der Waals surface area contributed by atoms with Gasteiger partial charge in [-0.1, -0.05) is 12.1 Å². The lowest BCUT2D eigenvalue weighted by Crippen LogP contribution is -2.59. The van der Waals surface area contributed by atoms with Crippen LogP contribution in [0.1, 0.15) is 11.3 Å². The molecular weight excluding hydrogens is 319 g/mol. The highest BCUT2D eigenvalue weighted by Gasteiger charge is 2.43. The van der Waals surface area contributed by atoms with Crippen LogP contribution < -0.4 is 4.90 Å². The van der Waals surface area contributed by atoms with E-state index in [4.69, 9.17) is 0 Å². The second-order valence-electron chi connectivity index (χ2n) is 6.33. The number of aliphatic hydroxyl groups is 1. The lowest BCUT2D eigenvalue weighted by Gasteiger charge is -2.47. The monoisotopic (exact) mass is 336 g/mol. The number of anilines is 1. The molecule has 3 heterocycles. The molecule has 6 heteroatoms. The second kappa shape index (κ2) is 5.89. The van der Waals surface area contributed by atoms with Gasteiger partial charge in [0.1, 0.15) is 17.2 Å². The predicted octanol–water partition coefficient (Wildman–Crippen LogP) is 2.69. The molecule has 126 valence electrons. The Bertz CT molecular complexity index is 893. The first kappa shape index (κ1) is 15.7. The van der Waals surface area contributed by atoms with Gasteiger partial charge in [-0.25, -0.2) is 14.4 Å². The summed E-state index contributed by atoms with van der Waals surface area (Å²) in [5.41, 5.74) is 1.42. The maximum Gasteiger partial charge on any atom is 0.163 e. The largest absolute Gasteiger partial charge is 0.381 e. The first-order valence-electron chi connectivity index (χ1n) is 8.03. The normalized spacial score (nSPS) is 15.7. The molecule has 4 rings (SSSR count). The van der Waals surface area contributed by atoms with Gasteiger partial charge in [0.2, 0.25) is 0 Å². The van der Waals surface area contributed by atoms with Gasteiger partial charge in [-0.05, 0) is 36.8 Å². The molecule has 1 aliphatic heterocycles. The van der Waals surface area contributed by atoms with E-state index in [-0.39, 0.29) is 5.82 Å². The fourth-order valence-electron chi connectivity index (χ4n) is 3.03. The average molecular weight is 336 g/mol. The molecule has 3 aromatic rings. The van der Waals surface area contributed by atoms with Gasteiger partial charge in [0.05, 0.1) is 13.1 Å². The van der Waals surface area contributed by atoms with Crippen LogP contribution in [0.2, 0.25) is 0 Å². The summed E-state index contributed by atoms with van der Waals surface area (Å²) in [5, 5.41) is 10.7. The van der Waals surface area contributed by atoms with E-state index in [2.05, 4.69) is 15.0 Å². The number of aryl methyl sites for hydroxylation is 1. The Morgan fingerprint density at radius 1 is 1.12 bits per heavy atom. The van der Waals surface area contributed by atoms with E-state index in [0.717, 1.165) is 17.1 Å². The fourth-order valence-corrected chi connectivity index (χ4v) is 3.03. The smallest absolute Gasteiger partial charge is 0.163 e. The van der Waals surface area contributed by atoms with Crippen LogP contribution >= 0.6 is 0 Å². The zero-order valence-corrected chi connectivity index (χ0v) is 13.7. The molecule has 0 bridgehead atoms. The van der Waals surface area contributed by atoms with Crippen LogP contribution in [-0.4, -0.2) is 33.1 Å². The molecule has 0 unspecified atom stereocenters. The van der Waals surface area contributed by atoms with Gasteiger partial charge in [-0.15, -0.1) is 0 Å². The Morgan fingerprint density at radius 3 is 2.56 bits per heavy atom. The van der Waals surface area contributed by atoms with E-state index in [1.54, 1.807) is 24.5 Å². The van der Waals surface area contributed by atoms with Crippen LogP contribution in [0.25, 0.3) is 11.4 Å². The van der Waals surface area contributed by atoms with Crippen molar-refractivity contribution in [3.05, 3.63) is 71.9 Å². The molecule has 1 aromatic carbocycles.